The van der Waals surface area contributed by atoms with E-state index in [0.29, 0.717) is 43.4 Å². The van der Waals surface area contributed by atoms with E-state index in [9.17, 15) is 18.0 Å². The van der Waals surface area contributed by atoms with E-state index in [2.05, 4.69) is 32.6 Å². The highest BCUT2D eigenvalue weighted by atomic mass is 32.2. The minimum absolute atomic E-state index is 0.0484. The number of sulfonamides is 1. The van der Waals surface area contributed by atoms with Gasteiger partial charge in [0.05, 0.1) is 12.0 Å². The van der Waals surface area contributed by atoms with Gasteiger partial charge in [0.1, 0.15) is 5.75 Å². The lowest BCUT2D eigenvalue weighted by molar-refractivity contribution is -0.119. The first kappa shape index (κ1) is 27.3. The van der Waals surface area contributed by atoms with E-state index in [-0.39, 0.29) is 27.3 Å². The molecule has 0 unspecified atom stereocenters. The summed E-state index contributed by atoms with van der Waals surface area (Å²) in [6, 6.07) is 14.2. The summed E-state index contributed by atoms with van der Waals surface area (Å²) < 4.78 is 29.0. The number of benzene rings is 2. The molecule has 2 aromatic rings. The number of allylic oxidation sites excluding steroid dienone is 4. The van der Waals surface area contributed by atoms with Crippen LogP contribution in [-0.2, 0) is 26.2 Å². The van der Waals surface area contributed by atoms with Crippen molar-refractivity contribution in [3.8, 4) is 5.75 Å². The fourth-order valence-corrected chi connectivity index (χ4v) is 6.85. The molecule has 0 aromatic heterocycles. The molecule has 2 N–H and O–H groups in total. The summed E-state index contributed by atoms with van der Waals surface area (Å²) in [4.78, 5) is 30.0. The van der Waals surface area contributed by atoms with Crippen LogP contribution in [0.1, 0.15) is 70.4 Å². The lowest BCUT2D eigenvalue weighted by Gasteiger charge is -2.49. The lowest BCUT2D eigenvalue weighted by atomic mass is 9.63. The van der Waals surface area contributed by atoms with E-state index < -0.39 is 15.9 Å². The Morgan fingerprint density at radius 2 is 1.31 bits per heavy atom. The molecule has 3 aliphatic rings. The average Bonchev–Trinajstić information content (AvgIpc) is 2.83. The number of Topliss-reactive ketones (excluding diaryl/α,β-unsaturated/α-hetero) is 2. The number of primary sulfonamides is 1. The Hall–Kier alpha value is -3.23. The van der Waals surface area contributed by atoms with Gasteiger partial charge in [-0.25, -0.2) is 13.6 Å². The number of carbonyl (C=O) groups is 2. The summed E-state index contributed by atoms with van der Waals surface area (Å²) in [6.07, 6.45) is 2.22. The fourth-order valence-electron chi connectivity index (χ4n) is 6.34. The van der Waals surface area contributed by atoms with Crippen LogP contribution >= 0.6 is 0 Å². The van der Waals surface area contributed by atoms with Crippen LogP contribution in [0.5, 0.6) is 5.75 Å². The quantitative estimate of drug-likeness (QED) is 0.549. The molecule has 0 saturated heterocycles. The predicted molar refractivity (Wildman–Crippen MR) is 149 cm³/mol. The van der Waals surface area contributed by atoms with Gasteiger partial charge >= 0.3 is 0 Å². The average molecular weight is 549 g/mol. The second kappa shape index (κ2) is 9.45. The van der Waals surface area contributed by atoms with E-state index in [1.54, 1.807) is 19.2 Å². The molecule has 0 amide bonds. The molecule has 39 heavy (non-hydrogen) atoms. The molecular formula is C31H36N2O5S. The van der Waals surface area contributed by atoms with Crippen molar-refractivity contribution in [1.82, 2.24) is 4.90 Å². The van der Waals surface area contributed by atoms with Crippen molar-refractivity contribution in [2.24, 2.45) is 16.0 Å². The number of nitrogens with zero attached hydrogens (tertiary/aromatic N) is 1. The number of nitrogens with two attached hydrogens (primary N) is 1. The standard InChI is InChI=1S/C31H36N2O5S/c1-30(2)14-23-28(25(34)16-30)27(20-8-10-21(38-5)11-9-20)29-24(15-31(3,4)17-26(29)35)33(23)18-19-6-12-22(13-7-19)39(32,36)37/h6-13,27H,14-18H2,1-5H3,(H2,32,36,37). The molecule has 0 atom stereocenters. The Bertz CT molecular complexity index is 1460. The Labute approximate surface area is 230 Å². The van der Waals surface area contributed by atoms with Crippen molar-refractivity contribution in [2.75, 3.05) is 7.11 Å². The smallest absolute Gasteiger partial charge is 0.238 e. The van der Waals surface area contributed by atoms with E-state index in [0.717, 1.165) is 28.3 Å². The first-order valence-corrected chi connectivity index (χ1v) is 14.8. The third kappa shape index (κ3) is 5.20. The monoisotopic (exact) mass is 548 g/mol. The zero-order chi connectivity index (χ0) is 28.3. The summed E-state index contributed by atoms with van der Waals surface area (Å²) in [5.41, 5.74) is 4.63. The van der Waals surface area contributed by atoms with E-state index in [1.165, 1.54) is 12.1 Å². The first-order valence-electron chi connectivity index (χ1n) is 13.2. The van der Waals surface area contributed by atoms with Crippen LogP contribution in [-0.4, -0.2) is 32.0 Å². The van der Waals surface area contributed by atoms with Gasteiger partial charge in [-0.05, 0) is 59.1 Å². The number of methoxy groups -OCH3 is 1. The molecule has 2 aliphatic carbocycles. The highest BCUT2D eigenvalue weighted by Gasteiger charge is 2.48. The second-order valence-electron chi connectivity index (χ2n) is 12.6. The predicted octanol–water partition coefficient (Wildman–Crippen LogP) is 5.23. The zero-order valence-corrected chi connectivity index (χ0v) is 24.0. The van der Waals surface area contributed by atoms with Gasteiger partial charge < -0.3 is 9.64 Å². The van der Waals surface area contributed by atoms with Gasteiger partial charge in [0.15, 0.2) is 11.6 Å². The van der Waals surface area contributed by atoms with Crippen LogP contribution in [0.2, 0.25) is 0 Å². The normalized spacial score (nSPS) is 21.1. The minimum atomic E-state index is -3.81. The number of rotatable bonds is 5. The van der Waals surface area contributed by atoms with Gasteiger partial charge in [0.25, 0.3) is 0 Å². The maximum absolute atomic E-state index is 13.9. The van der Waals surface area contributed by atoms with Crippen molar-refractivity contribution in [2.45, 2.75) is 70.7 Å². The number of ketones is 2. The molecule has 0 bridgehead atoms. The van der Waals surface area contributed by atoms with Crippen molar-refractivity contribution in [3.05, 3.63) is 82.2 Å². The molecule has 0 fully saturated rings. The van der Waals surface area contributed by atoms with Crippen LogP contribution < -0.4 is 9.88 Å². The molecule has 8 heteroatoms. The van der Waals surface area contributed by atoms with Crippen molar-refractivity contribution in [3.63, 3.8) is 0 Å². The van der Waals surface area contributed by atoms with Crippen LogP contribution in [0.15, 0.2) is 76.0 Å². The highest BCUT2D eigenvalue weighted by Crippen LogP contribution is 2.54. The third-order valence-corrected chi connectivity index (χ3v) is 8.99. The van der Waals surface area contributed by atoms with Gasteiger partial charge in [-0.2, -0.15) is 0 Å². The Balaban J connectivity index is 1.71. The van der Waals surface area contributed by atoms with Crippen LogP contribution in [0, 0.1) is 10.8 Å². The molecule has 5 rings (SSSR count). The maximum Gasteiger partial charge on any atom is 0.238 e. The topological polar surface area (TPSA) is 107 Å². The van der Waals surface area contributed by atoms with Crippen LogP contribution in [0.4, 0.5) is 0 Å². The van der Waals surface area contributed by atoms with Gasteiger partial charge in [-0.1, -0.05) is 52.0 Å². The first-order chi connectivity index (χ1) is 18.2. The van der Waals surface area contributed by atoms with E-state index in [4.69, 9.17) is 9.88 Å². The maximum atomic E-state index is 13.9. The lowest BCUT2D eigenvalue weighted by Crippen LogP contribution is -2.44. The molecule has 1 heterocycles. The Morgan fingerprint density at radius 1 is 0.821 bits per heavy atom. The molecule has 7 nitrogen and oxygen atoms in total. The molecule has 2 aromatic carbocycles. The van der Waals surface area contributed by atoms with Gasteiger partial charge in [-0.3, -0.25) is 9.59 Å². The summed E-state index contributed by atoms with van der Waals surface area (Å²) >= 11 is 0. The second-order valence-corrected chi connectivity index (χ2v) is 14.1. The Kier molecular flexibility index (Phi) is 6.63. The van der Waals surface area contributed by atoms with E-state index >= 15 is 0 Å². The molecule has 0 spiro atoms. The fraction of sp³-hybridized carbons (Fsp3) is 0.419. The van der Waals surface area contributed by atoms with Crippen LogP contribution in [0.3, 0.4) is 0 Å². The van der Waals surface area contributed by atoms with Crippen molar-refractivity contribution in [1.29, 1.82) is 0 Å². The number of hydrogen-bond acceptors (Lipinski definition) is 6. The van der Waals surface area contributed by atoms with Crippen molar-refractivity contribution < 1.29 is 22.7 Å². The SMILES string of the molecule is COc1ccc(C2C3=C(CC(C)(C)CC3=O)N(Cc3ccc(S(N)(=O)=O)cc3)C3=C2C(=O)CC(C)(C)C3)cc1. The number of carbonyl (C=O) groups excluding carboxylic acids is 2. The number of hydrogen-bond donors (Lipinski definition) is 1. The van der Waals surface area contributed by atoms with Crippen molar-refractivity contribution >= 4 is 21.6 Å². The zero-order valence-electron chi connectivity index (χ0n) is 23.2. The van der Waals surface area contributed by atoms with Gasteiger partial charge in [0.2, 0.25) is 10.0 Å². The van der Waals surface area contributed by atoms with Crippen LogP contribution in [0.25, 0.3) is 0 Å². The highest BCUT2D eigenvalue weighted by molar-refractivity contribution is 7.89. The summed E-state index contributed by atoms with van der Waals surface area (Å²) in [5, 5.41) is 5.31. The molecule has 0 radical (unpaired) electrons. The summed E-state index contributed by atoms with van der Waals surface area (Å²) in [7, 11) is -2.19. The molecular weight excluding hydrogens is 512 g/mol. The largest absolute Gasteiger partial charge is 0.497 e. The summed E-state index contributed by atoms with van der Waals surface area (Å²) in [5.74, 6) is 0.436. The van der Waals surface area contributed by atoms with E-state index in [1.807, 2.05) is 24.3 Å². The molecule has 1 aliphatic heterocycles. The minimum Gasteiger partial charge on any atom is -0.497 e. The summed E-state index contributed by atoms with van der Waals surface area (Å²) in [6.45, 7) is 8.85. The molecule has 206 valence electrons. The Morgan fingerprint density at radius 3 is 1.74 bits per heavy atom. The van der Waals surface area contributed by atoms with Gasteiger partial charge in [0, 0.05) is 47.8 Å². The third-order valence-electron chi connectivity index (χ3n) is 8.06. The molecule has 0 saturated carbocycles. The number of ether oxygens (including phenoxy) is 1. The van der Waals surface area contributed by atoms with Gasteiger partial charge in [-0.15, -0.1) is 0 Å².